The molecule has 0 atom stereocenters. The number of hydrogen-bond donors (Lipinski definition) is 2. The summed E-state index contributed by atoms with van der Waals surface area (Å²) in [5.74, 6) is 1.71. The van der Waals surface area contributed by atoms with Crippen molar-refractivity contribution in [3.8, 4) is 11.6 Å². The van der Waals surface area contributed by atoms with E-state index in [1.807, 2.05) is 38.1 Å². The standard InChI is InChI=1S/C15H20N4O2/c1-3-8-21-15-13(16)14(17-10-18-15)19-11-6-5-7-12(9-11)20-4-2/h5-7,9-10H,3-4,8,16H2,1-2H3,(H,17,18,19). The van der Waals surface area contributed by atoms with Gasteiger partial charge in [0.2, 0.25) is 5.88 Å². The van der Waals surface area contributed by atoms with Crippen LogP contribution in [0, 0.1) is 0 Å². The van der Waals surface area contributed by atoms with Gasteiger partial charge in [-0.3, -0.25) is 0 Å². The van der Waals surface area contributed by atoms with E-state index in [-0.39, 0.29) is 0 Å². The molecule has 0 spiro atoms. The van der Waals surface area contributed by atoms with Gasteiger partial charge in [-0.15, -0.1) is 0 Å². The molecule has 6 heteroatoms. The summed E-state index contributed by atoms with van der Waals surface area (Å²) in [6.45, 7) is 5.16. The number of ether oxygens (including phenoxy) is 2. The van der Waals surface area contributed by atoms with Crippen molar-refractivity contribution in [2.24, 2.45) is 0 Å². The average molecular weight is 288 g/mol. The van der Waals surface area contributed by atoms with E-state index in [9.17, 15) is 0 Å². The van der Waals surface area contributed by atoms with E-state index in [1.54, 1.807) is 0 Å². The van der Waals surface area contributed by atoms with Crippen LogP contribution in [-0.2, 0) is 0 Å². The lowest BCUT2D eigenvalue weighted by Gasteiger charge is -2.12. The minimum Gasteiger partial charge on any atom is -0.494 e. The number of aromatic nitrogens is 2. The largest absolute Gasteiger partial charge is 0.494 e. The Morgan fingerprint density at radius 3 is 2.81 bits per heavy atom. The van der Waals surface area contributed by atoms with E-state index in [4.69, 9.17) is 15.2 Å². The summed E-state index contributed by atoms with van der Waals surface area (Å²) in [5.41, 5.74) is 7.26. The lowest BCUT2D eigenvalue weighted by atomic mass is 10.3. The van der Waals surface area contributed by atoms with Crippen LogP contribution in [0.3, 0.4) is 0 Å². The molecular formula is C15H20N4O2. The third-order valence-electron chi connectivity index (χ3n) is 2.70. The van der Waals surface area contributed by atoms with Crippen molar-refractivity contribution in [3.05, 3.63) is 30.6 Å². The molecule has 2 aromatic rings. The predicted molar refractivity (Wildman–Crippen MR) is 83.1 cm³/mol. The molecule has 112 valence electrons. The Morgan fingerprint density at radius 1 is 1.19 bits per heavy atom. The summed E-state index contributed by atoms with van der Waals surface area (Å²) in [6, 6.07) is 7.60. The van der Waals surface area contributed by atoms with E-state index in [0.29, 0.717) is 30.6 Å². The van der Waals surface area contributed by atoms with E-state index < -0.39 is 0 Å². The number of nitrogens with zero attached hydrogens (tertiary/aromatic N) is 2. The quantitative estimate of drug-likeness (QED) is 0.815. The molecule has 0 aliphatic heterocycles. The predicted octanol–water partition coefficient (Wildman–Crippen LogP) is 2.99. The van der Waals surface area contributed by atoms with Crippen molar-refractivity contribution in [1.82, 2.24) is 9.97 Å². The van der Waals surface area contributed by atoms with Crippen LogP contribution in [0.5, 0.6) is 11.6 Å². The Hall–Kier alpha value is -2.50. The van der Waals surface area contributed by atoms with Crippen molar-refractivity contribution >= 4 is 17.2 Å². The van der Waals surface area contributed by atoms with Crippen molar-refractivity contribution in [2.75, 3.05) is 24.3 Å². The van der Waals surface area contributed by atoms with Crippen molar-refractivity contribution in [1.29, 1.82) is 0 Å². The number of hydrogen-bond acceptors (Lipinski definition) is 6. The van der Waals surface area contributed by atoms with E-state index in [0.717, 1.165) is 17.9 Å². The highest BCUT2D eigenvalue weighted by Gasteiger charge is 2.09. The molecule has 0 aliphatic rings. The summed E-state index contributed by atoms with van der Waals surface area (Å²) in [5, 5.41) is 3.15. The molecule has 6 nitrogen and oxygen atoms in total. The first-order valence-corrected chi connectivity index (χ1v) is 6.97. The first kappa shape index (κ1) is 14.9. The molecule has 21 heavy (non-hydrogen) atoms. The Balaban J connectivity index is 2.17. The molecule has 3 N–H and O–H groups in total. The third kappa shape index (κ3) is 3.98. The first-order valence-electron chi connectivity index (χ1n) is 6.97. The van der Waals surface area contributed by atoms with Gasteiger partial charge in [-0.2, -0.15) is 4.98 Å². The molecule has 0 unspecified atom stereocenters. The average Bonchev–Trinajstić information content (AvgIpc) is 2.49. The van der Waals surface area contributed by atoms with Gasteiger partial charge < -0.3 is 20.5 Å². The van der Waals surface area contributed by atoms with Gasteiger partial charge in [-0.1, -0.05) is 13.0 Å². The lowest BCUT2D eigenvalue weighted by Crippen LogP contribution is -2.06. The van der Waals surface area contributed by atoms with Gasteiger partial charge in [0.25, 0.3) is 0 Å². The Kier molecular flexibility index (Phi) is 5.20. The van der Waals surface area contributed by atoms with Gasteiger partial charge in [0, 0.05) is 11.8 Å². The third-order valence-corrected chi connectivity index (χ3v) is 2.70. The highest BCUT2D eigenvalue weighted by atomic mass is 16.5. The van der Waals surface area contributed by atoms with Gasteiger partial charge in [-0.05, 0) is 25.5 Å². The summed E-state index contributed by atoms with van der Waals surface area (Å²) in [6.07, 6.45) is 2.32. The maximum absolute atomic E-state index is 6.02. The molecule has 0 fully saturated rings. The highest BCUT2D eigenvalue weighted by Crippen LogP contribution is 2.28. The summed E-state index contributed by atoms with van der Waals surface area (Å²) < 4.78 is 10.9. The molecule has 0 amide bonds. The zero-order chi connectivity index (χ0) is 15.1. The van der Waals surface area contributed by atoms with Crippen LogP contribution >= 0.6 is 0 Å². The smallest absolute Gasteiger partial charge is 0.242 e. The topological polar surface area (TPSA) is 82.3 Å². The number of nitrogen functional groups attached to an aromatic ring is 1. The molecule has 0 radical (unpaired) electrons. The summed E-state index contributed by atoms with van der Waals surface area (Å²) >= 11 is 0. The fourth-order valence-corrected chi connectivity index (χ4v) is 1.76. The van der Waals surface area contributed by atoms with Crippen LogP contribution in [0.2, 0.25) is 0 Å². The second kappa shape index (κ2) is 7.33. The monoisotopic (exact) mass is 288 g/mol. The van der Waals surface area contributed by atoms with Crippen LogP contribution in [0.15, 0.2) is 30.6 Å². The fourth-order valence-electron chi connectivity index (χ4n) is 1.76. The maximum Gasteiger partial charge on any atom is 0.242 e. The second-order valence-corrected chi connectivity index (χ2v) is 4.38. The Labute approximate surface area is 124 Å². The minimum atomic E-state index is 0.396. The van der Waals surface area contributed by atoms with Crippen LogP contribution < -0.4 is 20.5 Å². The van der Waals surface area contributed by atoms with Gasteiger partial charge in [0.15, 0.2) is 5.82 Å². The molecule has 0 saturated heterocycles. The molecule has 0 aliphatic carbocycles. The van der Waals surface area contributed by atoms with Gasteiger partial charge in [0.1, 0.15) is 17.8 Å². The zero-order valence-electron chi connectivity index (χ0n) is 12.3. The van der Waals surface area contributed by atoms with E-state index in [2.05, 4.69) is 15.3 Å². The van der Waals surface area contributed by atoms with Crippen LogP contribution in [0.4, 0.5) is 17.2 Å². The molecule has 1 aromatic heterocycles. The van der Waals surface area contributed by atoms with Crippen molar-refractivity contribution < 1.29 is 9.47 Å². The van der Waals surface area contributed by atoms with Gasteiger partial charge in [-0.25, -0.2) is 4.98 Å². The lowest BCUT2D eigenvalue weighted by molar-refractivity contribution is 0.307. The number of anilines is 3. The normalized spacial score (nSPS) is 10.2. The minimum absolute atomic E-state index is 0.396. The summed E-state index contributed by atoms with van der Waals surface area (Å²) in [7, 11) is 0. The zero-order valence-corrected chi connectivity index (χ0v) is 12.3. The molecule has 0 bridgehead atoms. The van der Waals surface area contributed by atoms with Crippen LogP contribution in [-0.4, -0.2) is 23.2 Å². The summed E-state index contributed by atoms with van der Waals surface area (Å²) in [4.78, 5) is 8.19. The Bertz CT molecular complexity index is 590. The molecule has 0 saturated carbocycles. The van der Waals surface area contributed by atoms with Gasteiger partial charge in [0.05, 0.1) is 13.2 Å². The number of nitrogens with two attached hydrogens (primary N) is 1. The molecule has 2 rings (SSSR count). The van der Waals surface area contributed by atoms with E-state index >= 15 is 0 Å². The molecular weight excluding hydrogens is 268 g/mol. The van der Waals surface area contributed by atoms with Crippen molar-refractivity contribution in [2.45, 2.75) is 20.3 Å². The van der Waals surface area contributed by atoms with Crippen LogP contribution in [0.1, 0.15) is 20.3 Å². The van der Waals surface area contributed by atoms with Crippen molar-refractivity contribution in [3.63, 3.8) is 0 Å². The number of nitrogens with one attached hydrogen (secondary N) is 1. The fraction of sp³-hybridized carbons (Fsp3) is 0.333. The number of rotatable bonds is 7. The highest BCUT2D eigenvalue weighted by molar-refractivity contribution is 5.72. The number of benzene rings is 1. The first-order chi connectivity index (χ1) is 10.2. The molecule has 1 heterocycles. The maximum atomic E-state index is 6.02. The van der Waals surface area contributed by atoms with E-state index in [1.165, 1.54) is 6.33 Å². The molecule has 1 aromatic carbocycles. The Morgan fingerprint density at radius 2 is 2.05 bits per heavy atom. The van der Waals surface area contributed by atoms with Crippen LogP contribution in [0.25, 0.3) is 0 Å². The second-order valence-electron chi connectivity index (χ2n) is 4.38. The SMILES string of the molecule is CCCOc1ncnc(Nc2cccc(OCC)c2)c1N. The van der Waals surface area contributed by atoms with Gasteiger partial charge >= 0.3 is 0 Å².